The Labute approximate surface area is 147 Å². The van der Waals surface area contributed by atoms with E-state index in [-0.39, 0.29) is 5.54 Å². The molecule has 0 spiro atoms. The van der Waals surface area contributed by atoms with Gasteiger partial charge in [-0.1, -0.05) is 30.3 Å². The van der Waals surface area contributed by atoms with Crippen molar-refractivity contribution in [1.29, 1.82) is 0 Å². The average Bonchev–Trinajstić information content (AvgIpc) is 2.63. The molecular formula is C20H33N3O. The molecule has 4 heteroatoms. The Morgan fingerprint density at radius 1 is 1.17 bits per heavy atom. The van der Waals surface area contributed by atoms with Crippen molar-refractivity contribution in [3.8, 4) is 0 Å². The van der Waals surface area contributed by atoms with Gasteiger partial charge in [-0.3, -0.25) is 9.80 Å². The van der Waals surface area contributed by atoms with Crippen LogP contribution in [0.2, 0.25) is 0 Å². The highest BCUT2D eigenvalue weighted by Crippen LogP contribution is 2.31. The highest BCUT2D eigenvalue weighted by molar-refractivity contribution is 5.15. The summed E-state index contributed by atoms with van der Waals surface area (Å²) in [6, 6.07) is 10.8. The number of nitrogens with two attached hydrogens (primary N) is 1. The average molecular weight is 332 g/mol. The zero-order chi connectivity index (χ0) is 16.8. The molecule has 24 heavy (non-hydrogen) atoms. The minimum Gasteiger partial charge on any atom is -0.384 e. The summed E-state index contributed by atoms with van der Waals surface area (Å²) in [6.07, 6.45) is 4.98. The molecule has 0 aliphatic carbocycles. The van der Waals surface area contributed by atoms with Crippen molar-refractivity contribution in [1.82, 2.24) is 9.80 Å². The van der Waals surface area contributed by atoms with Crippen LogP contribution >= 0.6 is 0 Å². The van der Waals surface area contributed by atoms with E-state index in [4.69, 9.17) is 10.5 Å². The van der Waals surface area contributed by atoms with Crippen LogP contribution in [0.3, 0.4) is 0 Å². The van der Waals surface area contributed by atoms with E-state index in [0.717, 1.165) is 32.2 Å². The molecule has 2 aliphatic heterocycles. The van der Waals surface area contributed by atoms with E-state index in [2.05, 4.69) is 40.1 Å². The van der Waals surface area contributed by atoms with Crippen LogP contribution in [0.1, 0.15) is 31.2 Å². The highest BCUT2D eigenvalue weighted by Gasteiger charge is 2.40. The van der Waals surface area contributed by atoms with Gasteiger partial charge in [0.15, 0.2) is 0 Å². The summed E-state index contributed by atoms with van der Waals surface area (Å²) in [6.45, 7) is 7.36. The lowest BCUT2D eigenvalue weighted by Gasteiger charge is -2.51. The number of nitrogens with zero attached hydrogens (tertiary/aromatic N) is 2. The van der Waals surface area contributed by atoms with Crippen molar-refractivity contribution in [3.63, 3.8) is 0 Å². The molecular weight excluding hydrogens is 298 g/mol. The maximum atomic E-state index is 6.32. The summed E-state index contributed by atoms with van der Waals surface area (Å²) in [5.41, 5.74) is 7.90. The van der Waals surface area contributed by atoms with Gasteiger partial charge in [0.25, 0.3) is 0 Å². The van der Waals surface area contributed by atoms with Gasteiger partial charge in [0, 0.05) is 38.9 Å². The van der Waals surface area contributed by atoms with Gasteiger partial charge >= 0.3 is 0 Å². The lowest BCUT2D eigenvalue weighted by atomic mass is 9.84. The summed E-state index contributed by atoms with van der Waals surface area (Å²) in [7, 11) is 1.82. The number of benzene rings is 1. The highest BCUT2D eigenvalue weighted by atomic mass is 16.5. The topological polar surface area (TPSA) is 41.7 Å². The van der Waals surface area contributed by atoms with Crippen LogP contribution in [0, 0.1) is 5.92 Å². The largest absolute Gasteiger partial charge is 0.384 e. The number of methoxy groups -OCH3 is 1. The summed E-state index contributed by atoms with van der Waals surface area (Å²) in [4.78, 5) is 5.29. The van der Waals surface area contributed by atoms with Crippen LogP contribution in [-0.2, 0) is 11.3 Å². The maximum absolute atomic E-state index is 6.32. The molecule has 0 saturated carbocycles. The number of piperidine rings is 2. The lowest BCUT2D eigenvalue weighted by molar-refractivity contribution is -0.0145. The van der Waals surface area contributed by atoms with Crippen LogP contribution in [-0.4, -0.2) is 61.8 Å². The smallest absolute Gasteiger partial charge is 0.0491 e. The second kappa shape index (κ2) is 8.43. The summed E-state index contributed by atoms with van der Waals surface area (Å²) in [5, 5.41) is 0. The van der Waals surface area contributed by atoms with E-state index in [1.807, 2.05) is 7.11 Å². The van der Waals surface area contributed by atoms with Gasteiger partial charge in [-0.05, 0) is 56.8 Å². The molecule has 0 bridgehead atoms. The lowest BCUT2D eigenvalue weighted by Crippen LogP contribution is -2.63. The molecule has 1 atom stereocenters. The second-order valence-corrected chi connectivity index (χ2v) is 7.61. The first kappa shape index (κ1) is 17.9. The second-order valence-electron chi connectivity index (χ2n) is 7.61. The van der Waals surface area contributed by atoms with Crippen molar-refractivity contribution in [2.24, 2.45) is 11.7 Å². The number of ether oxygens (including phenoxy) is 1. The normalized spacial score (nSPS) is 27.4. The monoisotopic (exact) mass is 331 g/mol. The molecule has 0 aromatic heterocycles. The molecule has 2 saturated heterocycles. The zero-order valence-electron chi connectivity index (χ0n) is 15.1. The van der Waals surface area contributed by atoms with E-state index >= 15 is 0 Å². The number of rotatable bonds is 6. The molecule has 2 heterocycles. The van der Waals surface area contributed by atoms with Gasteiger partial charge in [-0.15, -0.1) is 0 Å². The van der Waals surface area contributed by atoms with Gasteiger partial charge < -0.3 is 10.5 Å². The Bertz CT molecular complexity index is 487. The third-order valence-electron chi connectivity index (χ3n) is 5.95. The molecule has 2 N–H and O–H groups in total. The summed E-state index contributed by atoms with van der Waals surface area (Å²) >= 11 is 0. The fraction of sp³-hybridized carbons (Fsp3) is 0.700. The molecule has 0 amide bonds. The van der Waals surface area contributed by atoms with Gasteiger partial charge in [-0.2, -0.15) is 0 Å². The van der Waals surface area contributed by atoms with Crippen LogP contribution in [0.4, 0.5) is 0 Å². The summed E-state index contributed by atoms with van der Waals surface area (Å²) in [5.74, 6) is 0.727. The predicted octanol–water partition coefficient (Wildman–Crippen LogP) is 2.34. The van der Waals surface area contributed by atoms with E-state index in [1.54, 1.807) is 0 Å². The quantitative estimate of drug-likeness (QED) is 0.869. The van der Waals surface area contributed by atoms with E-state index in [9.17, 15) is 0 Å². The van der Waals surface area contributed by atoms with Gasteiger partial charge in [0.2, 0.25) is 0 Å². The fourth-order valence-electron chi connectivity index (χ4n) is 4.55. The molecule has 3 rings (SSSR count). The Kier molecular flexibility index (Phi) is 6.28. The SMILES string of the molecule is COCC1CCN(C2(CN)CCCN(Cc3ccccc3)C2)CC1. The van der Waals surface area contributed by atoms with E-state index < -0.39 is 0 Å². The number of hydrogen-bond acceptors (Lipinski definition) is 4. The van der Waals surface area contributed by atoms with Gasteiger partial charge in [0.1, 0.15) is 0 Å². The number of hydrogen-bond donors (Lipinski definition) is 1. The van der Waals surface area contributed by atoms with Gasteiger partial charge in [-0.25, -0.2) is 0 Å². The van der Waals surface area contributed by atoms with Crippen molar-refractivity contribution < 1.29 is 4.74 Å². The van der Waals surface area contributed by atoms with Crippen molar-refractivity contribution in [2.75, 3.05) is 46.4 Å². The van der Waals surface area contributed by atoms with E-state index in [1.165, 1.54) is 50.9 Å². The first-order valence-electron chi connectivity index (χ1n) is 9.46. The molecule has 134 valence electrons. The van der Waals surface area contributed by atoms with Crippen LogP contribution < -0.4 is 5.73 Å². The molecule has 0 radical (unpaired) electrons. The van der Waals surface area contributed by atoms with Crippen LogP contribution in [0.15, 0.2) is 30.3 Å². The van der Waals surface area contributed by atoms with E-state index in [0.29, 0.717) is 0 Å². The van der Waals surface area contributed by atoms with Crippen LogP contribution in [0.5, 0.6) is 0 Å². The third-order valence-corrected chi connectivity index (χ3v) is 5.95. The third kappa shape index (κ3) is 4.17. The minimum absolute atomic E-state index is 0.172. The first-order valence-corrected chi connectivity index (χ1v) is 9.46. The van der Waals surface area contributed by atoms with Crippen molar-refractivity contribution >= 4 is 0 Å². The fourth-order valence-corrected chi connectivity index (χ4v) is 4.55. The first-order chi connectivity index (χ1) is 11.8. The molecule has 1 aromatic rings. The Balaban J connectivity index is 1.61. The molecule has 2 aliphatic rings. The Hall–Kier alpha value is -0.940. The molecule has 2 fully saturated rings. The standard InChI is InChI=1S/C20H33N3O/c1-24-15-19-8-12-23(13-9-19)20(16-21)10-5-11-22(17-20)14-18-6-3-2-4-7-18/h2-4,6-7,19H,5,8-17,21H2,1H3. The molecule has 4 nitrogen and oxygen atoms in total. The van der Waals surface area contributed by atoms with Crippen molar-refractivity contribution in [2.45, 2.75) is 37.8 Å². The van der Waals surface area contributed by atoms with Gasteiger partial charge in [0.05, 0.1) is 0 Å². The minimum atomic E-state index is 0.172. The number of likely N-dealkylation sites (tertiary alicyclic amines) is 2. The van der Waals surface area contributed by atoms with Crippen LogP contribution in [0.25, 0.3) is 0 Å². The maximum Gasteiger partial charge on any atom is 0.0491 e. The molecule has 1 aromatic carbocycles. The Morgan fingerprint density at radius 2 is 1.92 bits per heavy atom. The van der Waals surface area contributed by atoms with Crippen molar-refractivity contribution in [3.05, 3.63) is 35.9 Å². The molecule has 1 unspecified atom stereocenters. The summed E-state index contributed by atoms with van der Waals surface area (Å²) < 4.78 is 5.35. The predicted molar refractivity (Wildman–Crippen MR) is 98.9 cm³/mol. The Morgan fingerprint density at radius 3 is 2.58 bits per heavy atom. The zero-order valence-corrected chi connectivity index (χ0v) is 15.1.